The number of aliphatic hydroxyl groups is 1. The van der Waals surface area contributed by atoms with E-state index in [1.807, 2.05) is 25.1 Å². The molecule has 0 saturated heterocycles. The van der Waals surface area contributed by atoms with Crippen LogP contribution in [0.25, 0.3) is 0 Å². The van der Waals surface area contributed by atoms with Crippen molar-refractivity contribution in [3.63, 3.8) is 0 Å². The smallest absolute Gasteiger partial charge is 0.104 e. The third kappa shape index (κ3) is 2.93. The quantitative estimate of drug-likeness (QED) is 0.694. The predicted octanol–water partition coefficient (Wildman–Crippen LogP) is 2.07. The Balaban J connectivity index is 2.28. The molecule has 0 bridgehead atoms. The lowest BCUT2D eigenvalue weighted by Crippen LogP contribution is -1.79. The first-order chi connectivity index (χ1) is 5.83. The molecule has 1 rings (SSSR count). The van der Waals surface area contributed by atoms with Gasteiger partial charge in [0.2, 0.25) is 0 Å². The van der Waals surface area contributed by atoms with Crippen LogP contribution in [-0.4, -0.2) is 11.7 Å². The second-order valence-corrected chi connectivity index (χ2v) is 2.71. The molecule has 0 saturated carbocycles. The molecular weight excluding hydrogens is 152 g/mol. The van der Waals surface area contributed by atoms with E-state index in [1.54, 1.807) is 6.08 Å². The molecule has 0 aliphatic heterocycles. The van der Waals surface area contributed by atoms with Gasteiger partial charge >= 0.3 is 0 Å². The Hall–Kier alpha value is -1.02. The van der Waals surface area contributed by atoms with Gasteiger partial charge in [0.1, 0.15) is 11.5 Å². The predicted molar refractivity (Wildman–Crippen MR) is 48.0 cm³/mol. The van der Waals surface area contributed by atoms with Crippen LogP contribution in [0.1, 0.15) is 17.9 Å². The van der Waals surface area contributed by atoms with E-state index in [4.69, 9.17) is 9.52 Å². The number of furan rings is 1. The van der Waals surface area contributed by atoms with Crippen molar-refractivity contribution in [3.05, 3.63) is 35.8 Å². The van der Waals surface area contributed by atoms with Gasteiger partial charge in [0.05, 0.1) is 6.61 Å². The van der Waals surface area contributed by atoms with Crippen molar-refractivity contribution in [3.8, 4) is 0 Å². The van der Waals surface area contributed by atoms with Gasteiger partial charge in [0.25, 0.3) is 0 Å². The fourth-order valence-electron chi connectivity index (χ4n) is 1.04. The zero-order valence-electron chi connectivity index (χ0n) is 7.29. The zero-order chi connectivity index (χ0) is 8.81. The van der Waals surface area contributed by atoms with Crippen molar-refractivity contribution in [1.82, 2.24) is 0 Å². The van der Waals surface area contributed by atoms with Crippen LogP contribution >= 0.6 is 0 Å². The molecule has 1 aromatic heterocycles. The summed E-state index contributed by atoms with van der Waals surface area (Å²) in [7, 11) is 0. The molecule has 12 heavy (non-hydrogen) atoms. The summed E-state index contributed by atoms with van der Waals surface area (Å²) in [6, 6.07) is 3.95. The highest BCUT2D eigenvalue weighted by Gasteiger charge is 1.95. The van der Waals surface area contributed by atoms with E-state index in [0.29, 0.717) is 0 Å². The number of rotatable bonds is 4. The van der Waals surface area contributed by atoms with Crippen molar-refractivity contribution < 1.29 is 9.52 Å². The minimum atomic E-state index is 0.122. The van der Waals surface area contributed by atoms with E-state index in [2.05, 4.69) is 0 Å². The lowest BCUT2D eigenvalue weighted by molar-refractivity contribution is 0.342. The monoisotopic (exact) mass is 166 g/mol. The zero-order valence-corrected chi connectivity index (χ0v) is 7.29. The van der Waals surface area contributed by atoms with Gasteiger partial charge in [-0.25, -0.2) is 0 Å². The molecule has 0 unspecified atom stereocenters. The summed E-state index contributed by atoms with van der Waals surface area (Å²) in [5, 5.41) is 8.46. The average molecular weight is 166 g/mol. The highest BCUT2D eigenvalue weighted by Crippen LogP contribution is 2.08. The van der Waals surface area contributed by atoms with Crippen LogP contribution < -0.4 is 0 Å². The van der Waals surface area contributed by atoms with Crippen molar-refractivity contribution in [2.45, 2.75) is 19.8 Å². The van der Waals surface area contributed by atoms with Crippen molar-refractivity contribution >= 4 is 0 Å². The molecule has 0 aliphatic rings. The van der Waals surface area contributed by atoms with Crippen LogP contribution in [0.5, 0.6) is 0 Å². The molecule has 1 N–H and O–H groups in total. The molecule has 0 spiro atoms. The molecule has 1 heterocycles. The molecule has 1 aromatic rings. The fraction of sp³-hybridized carbons (Fsp3) is 0.400. The summed E-state index contributed by atoms with van der Waals surface area (Å²) in [4.78, 5) is 0. The van der Waals surface area contributed by atoms with Crippen LogP contribution in [0.4, 0.5) is 0 Å². The summed E-state index contributed by atoms with van der Waals surface area (Å²) >= 11 is 0. The van der Waals surface area contributed by atoms with Gasteiger partial charge in [-0.3, -0.25) is 0 Å². The number of hydrogen-bond donors (Lipinski definition) is 1. The number of aliphatic hydroxyl groups excluding tert-OH is 1. The summed E-state index contributed by atoms with van der Waals surface area (Å²) in [5.41, 5.74) is 0. The van der Waals surface area contributed by atoms with Crippen molar-refractivity contribution in [1.29, 1.82) is 0 Å². The lowest BCUT2D eigenvalue weighted by Gasteiger charge is -1.90. The van der Waals surface area contributed by atoms with Gasteiger partial charge in [-0.2, -0.15) is 0 Å². The lowest BCUT2D eigenvalue weighted by atomic mass is 10.2. The van der Waals surface area contributed by atoms with E-state index in [0.717, 1.165) is 24.4 Å². The Morgan fingerprint density at radius 2 is 2.25 bits per heavy atom. The standard InChI is InChI=1S/C10H14O2/c1-9-6-7-10(12-9)5-3-2-4-8-11/h2,4,6-7,11H,3,5,8H2,1H3. The maximum atomic E-state index is 8.46. The first-order valence-corrected chi connectivity index (χ1v) is 4.14. The summed E-state index contributed by atoms with van der Waals surface area (Å²) in [6.07, 6.45) is 5.53. The molecule has 2 heteroatoms. The largest absolute Gasteiger partial charge is 0.466 e. The Labute approximate surface area is 72.5 Å². The van der Waals surface area contributed by atoms with E-state index in [9.17, 15) is 0 Å². The minimum absolute atomic E-state index is 0.122. The molecule has 0 aliphatic carbocycles. The van der Waals surface area contributed by atoms with E-state index >= 15 is 0 Å². The third-order valence-corrected chi connectivity index (χ3v) is 1.63. The Bertz CT molecular complexity index is 248. The van der Waals surface area contributed by atoms with E-state index in [-0.39, 0.29) is 6.61 Å². The highest BCUT2D eigenvalue weighted by atomic mass is 16.3. The third-order valence-electron chi connectivity index (χ3n) is 1.63. The first-order valence-electron chi connectivity index (χ1n) is 4.14. The van der Waals surface area contributed by atoms with Crippen LogP contribution in [0.15, 0.2) is 28.7 Å². The maximum absolute atomic E-state index is 8.46. The summed E-state index contributed by atoms with van der Waals surface area (Å²) in [6.45, 7) is 2.06. The van der Waals surface area contributed by atoms with Gasteiger partial charge in [-0.1, -0.05) is 12.2 Å². The summed E-state index contributed by atoms with van der Waals surface area (Å²) in [5.74, 6) is 1.96. The van der Waals surface area contributed by atoms with Gasteiger partial charge in [-0.05, 0) is 25.5 Å². The van der Waals surface area contributed by atoms with E-state index in [1.165, 1.54) is 0 Å². The molecule has 66 valence electrons. The van der Waals surface area contributed by atoms with E-state index < -0.39 is 0 Å². The Morgan fingerprint density at radius 3 is 2.83 bits per heavy atom. The fourth-order valence-corrected chi connectivity index (χ4v) is 1.04. The Morgan fingerprint density at radius 1 is 1.42 bits per heavy atom. The van der Waals surface area contributed by atoms with Gasteiger partial charge in [-0.15, -0.1) is 0 Å². The maximum Gasteiger partial charge on any atom is 0.104 e. The Kier molecular flexibility index (Phi) is 3.61. The molecule has 0 amide bonds. The van der Waals surface area contributed by atoms with Gasteiger partial charge < -0.3 is 9.52 Å². The minimum Gasteiger partial charge on any atom is -0.466 e. The normalized spacial score (nSPS) is 11.2. The molecular formula is C10H14O2. The van der Waals surface area contributed by atoms with Crippen LogP contribution in [0.3, 0.4) is 0 Å². The van der Waals surface area contributed by atoms with Crippen LogP contribution in [0, 0.1) is 6.92 Å². The first kappa shape index (κ1) is 9.07. The average Bonchev–Trinajstić information content (AvgIpc) is 2.45. The molecule has 2 nitrogen and oxygen atoms in total. The molecule has 0 atom stereocenters. The molecule has 0 aromatic carbocycles. The summed E-state index contributed by atoms with van der Waals surface area (Å²) < 4.78 is 5.37. The van der Waals surface area contributed by atoms with Crippen LogP contribution in [0.2, 0.25) is 0 Å². The second-order valence-electron chi connectivity index (χ2n) is 2.71. The van der Waals surface area contributed by atoms with Crippen LogP contribution in [-0.2, 0) is 6.42 Å². The topological polar surface area (TPSA) is 33.4 Å². The molecule has 0 radical (unpaired) electrons. The number of allylic oxidation sites excluding steroid dienone is 1. The van der Waals surface area contributed by atoms with Crippen molar-refractivity contribution in [2.75, 3.05) is 6.61 Å². The number of aryl methyl sites for hydroxylation is 2. The second kappa shape index (κ2) is 4.78. The van der Waals surface area contributed by atoms with Gasteiger partial charge in [0, 0.05) is 6.42 Å². The SMILES string of the molecule is Cc1ccc(CCC=CCO)o1. The van der Waals surface area contributed by atoms with Gasteiger partial charge in [0.15, 0.2) is 0 Å². The number of hydrogen-bond acceptors (Lipinski definition) is 2. The molecule has 0 fully saturated rings. The highest BCUT2D eigenvalue weighted by molar-refractivity contribution is 5.06. The van der Waals surface area contributed by atoms with Crippen molar-refractivity contribution in [2.24, 2.45) is 0 Å².